The van der Waals surface area contributed by atoms with E-state index >= 15 is 0 Å². The molecule has 1 aromatic heterocycles. The molecule has 7 heteroatoms. The van der Waals surface area contributed by atoms with Crippen LogP contribution in [0.1, 0.15) is 35.4 Å². The molecule has 1 aliphatic rings. The molecule has 25 heavy (non-hydrogen) atoms. The molecule has 0 bridgehead atoms. The van der Waals surface area contributed by atoms with Crippen LogP contribution in [-0.4, -0.2) is 69.7 Å². The van der Waals surface area contributed by atoms with E-state index in [-0.39, 0.29) is 24.3 Å². The van der Waals surface area contributed by atoms with Crippen molar-refractivity contribution in [3.63, 3.8) is 0 Å². The van der Waals surface area contributed by atoms with Crippen molar-refractivity contribution >= 4 is 11.8 Å². The Morgan fingerprint density at radius 2 is 2.20 bits per heavy atom. The molecule has 0 saturated carbocycles. The molecule has 1 saturated heterocycles. The summed E-state index contributed by atoms with van der Waals surface area (Å²) < 4.78 is 10.9. The number of hydrogen-bond donors (Lipinski definition) is 2. The fourth-order valence-corrected chi connectivity index (χ4v) is 2.86. The van der Waals surface area contributed by atoms with Gasteiger partial charge in [0, 0.05) is 26.1 Å². The SMILES string of the molecule is Cc1occc1C(=O)N(CCC(=O)NCC[NH+](C)C)C[C@H]1CCCO1. The van der Waals surface area contributed by atoms with Crippen molar-refractivity contribution in [2.24, 2.45) is 0 Å². The number of carbonyl (C=O) groups is 2. The van der Waals surface area contributed by atoms with Gasteiger partial charge in [-0.3, -0.25) is 9.59 Å². The fraction of sp³-hybridized carbons (Fsp3) is 0.667. The number of quaternary nitrogens is 1. The number of hydrogen-bond acceptors (Lipinski definition) is 4. The van der Waals surface area contributed by atoms with Crippen LogP contribution in [0.3, 0.4) is 0 Å². The molecular formula is C18H30N3O4+. The maximum atomic E-state index is 12.8. The Morgan fingerprint density at radius 3 is 2.80 bits per heavy atom. The lowest BCUT2D eigenvalue weighted by Crippen LogP contribution is -3.06. The molecule has 0 spiro atoms. The van der Waals surface area contributed by atoms with Crippen LogP contribution in [0.25, 0.3) is 0 Å². The van der Waals surface area contributed by atoms with Crippen molar-refractivity contribution in [3.05, 3.63) is 23.7 Å². The number of rotatable bonds is 9. The third-order valence-electron chi connectivity index (χ3n) is 4.38. The smallest absolute Gasteiger partial charge is 0.257 e. The second-order valence-corrected chi connectivity index (χ2v) is 6.83. The van der Waals surface area contributed by atoms with Crippen LogP contribution in [0, 0.1) is 6.92 Å². The van der Waals surface area contributed by atoms with Gasteiger partial charge in [0.05, 0.1) is 45.1 Å². The molecule has 140 valence electrons. The lowest BCUT2D eigenvalue weighted by Gasteiger charge is -2.25. The lowest BCUT2D eigenvalue weighted by molar-refractivity contribution is -0.856. The molecule has 2 rings (SSSR count). The first-order chi connectivity index (χ1) is 12.0. The van der Waals surface area contributed by atoms with Crippen LogP contribution in [0.4, 0.5) is 0 Å². The molecule has 0 aromatic carbocycles. The predicted octanol–water partition coefficient (Wildman–Crippen LogP) is -0.140. The zero-order valence-corrected chi connectivity index (χ0v) is 15.5. The van der Waals surface area contributed by atoms with Gasteiger partial charge in [0.15, 0.2) is 0 Å². The van der Waals surface area contributed by atoms with Gasteiger partial charge in [-0.05, 0) is 25.8 Å². The Morgan fingerprint density at radius 1 is 1.40 bits per heavy atom. The van der Waals surface area contributed by atoms with E-state index in [2.05, 4.69) is 5.32 Å². The van der Waals surface area contributed by atoms with E-state index in [9.17, 15) is 9.59 Å². The minimum absolute atomic E-state index is 0.0321. The van der Waals surface area contributed by atoms with Gasteiger partial charge in [-0.2, -0.15) is 0 Å². The van der Waals surface area contributed by atoms with Gasteiger partial charge in [0.1, 0.15) is 5.76 Å². The van der Waals surface area contributed by atoms with Gasteiger partial charge >= 0.3 is 0 Å². The van der Waals surface area contributed by atoms with Crippen LogP contribution in [0.15, 0.2) is 16.7 Å². The number of amides is 2. The maximum Gasteiger partial charge on any atom is 0.257 e. The third kappa shape index (κ3) is 6.17. The summed E-state index contributed by atoms with van der Waals surface area (Å²) in [7, 11) is 4.09. The fourth-order valence-electron chi connectivity index (χ4n) is 2.86. The standard InChI is InChI=1S/C18H29N3O4/c1-14-16(7-12-24-14)18(23)21(13-15-5-4-11-25-15)9-6-17(22)19-8-10-20(2)3/h7,12,15H,4-6,8-11,13H2,1-3H3,(H,19,22)/p+1/t15-/m1/s1. The molecule has 1 aliphatic heterocycles. The van der Waals surface area contributed by atoms with Gasteiger partial charge in [-0.1, -0.05) is 0 Å². The van der Waals surface area contributed by atoms with Crippen LogP contribution < -0.4 is 10.2 Å². The second kappa shape index (κ2) is 9.58. The number of nitrogens with one attached hydrogen (secondary N) is 2. The van der Waals surface area contributed by atoms with E-state index < -0.39 is 0 Å². The summed E-state index contributed by atoms with van der Waals surface area (Å²) in [5.74, 6) is 0.461. The maximum absolute atomic E-state index is 12.8. The quantitative estimate of drug-likeness (QED) is 0.649. The molecule has 1 atom stereocenters. The van der Waals surface area contributed by atoms with E-state index in [1.807, 2.05) is 14.1 Å². The van der Waals surface area contributed by atoms with Gasteiger partial charge in [-0.15, -0.1) is 0 Å². The summed E-state index contributed by atoms with van der Waals surface area (Å²) in [6, 6.07) is 1.68. The van der Waals surface area contributed by atoms with Crippen molar-refractivity contribution in [3.8, 4) is 0 Å². The molecule has 0 aliphatic carbocycles. The average Bonchev–Trinajstić information content (AvgIpc) is 3.21. The highest BCUT2D eigenvalue weighted by Crippen LogP contribution is 2.17. The topological polar surface area (TPSA) is 76.2 Å². The normalized spacial score (nSPS) is 17.0. The summed E-state index contributed by atoms with van der Waals surface area (Å²) in [4.78, 5) is 27.8. The van der Waals surface area contributed by atoms with Crippen LogP contribution in [-0.2, 0) is 9.53 Å². The Labute approximate surface area is 149 Å². The molecule has 2 heterocycles. The Hall–Kier alpha value is -1.86. The van der Waals surface area contributed by atoms with Crippen LogP contribution >= 0.6 is 0 Å². The van der Waals surface area contributed by atoms with Crippen LogP contribution in [0.2, 0.25) is 0 Å². The summed E-state index contributed by atoms with van der Waals surface area (Å²) in [5.41, 5.74) is 0.551. The van der Waals surface area contributed by atoms with E-state index in [4.69, 9.17) is 9.15 Å². The van der Waals surface area contributed by atoms with E-state index in [0.29, 0.717) is 31.0 Å². The molecule has 2 N–H and O–H groups in total. The molecule has 1 aromatic rings. The van der Waals surface area contributed by atoms with E-state index in [0.717, 1.165) is 26.0 Å². The molecule has 1 fully saturated rings. The highest BCUT2D eigenvalue weighted by molar-refractivity contribution is 5.95. The monoisotopic (exact) mass is 352 g/mol. The van der Waals surface area contributed by atoms with Crippen molar-refractivity contribution in [1.82, 2.24) is 10.2 Å². The molecule has 0 unspecified atom stereocenters. The minimum atomic E-state index is -0.104. The average molecular weight is 352 g/mol. The van der Waals surface area contributed by atoms with Crippen molar-refractivity contribution in [2.75, 3.05) is 46.9 Å². The first-order valence-electron chi connectivity index (χ1n) is 8.98. The second-order valence-electron chi connectivity index (χ2n) is 6.83. The van der Waals surface area contributed by atoms with Crippen molar-refractivity contribution in [1.29, 1.82) is 0 Å². The van der Waals surface area contributed by atoms with Gasteiger partial charge in [0.2, 0.25) is 5.91 Å². The minimum Gasteiger partial charge on any atom is -0.469 e. The van der Waals surface area contributed by atoms with Crippen molar-refractivity contribution in [2.45, 2.75) is 32.3 Å². The predicted molar refractivity (Wildman–Crippen MR) is 93.6 cm³/mol. The number of aryl methyl sites for hydroxylation is 1. The lowest BCUT2D eigenvalue weighted by atomic mass is 10.1. The number of carbonyl (C=O) groups excluding carboxylic acids is 2. The molecule has 0 radical (unpaired) electrons. The van der Waals surface area contributed by atoms with Gasteiger partial charge in [0.25, 0.3) is 5.91 Å². The summed E-state index contributed by atoms with van der Waals surface area (Å²) in [6.07, 6.45) is 3.83. The largest absolute Gasteiger partial charge is 0.469 e. The molecule has 7 nitrogen and oxygen atoms in total. The molecule has 2 amide bonds. The Bertz CT molecular complexity index is 564. The van der Waals surface area contributed by atoms with Crippen molar-refractivity contribution < 1.29 is 23.6 Å². The number of ether oxygens (including phenoxy) is 1. The summed E-state index contributed by atoms with van der Waals surface area (Å²) >= 11 is 0. The highest BCUT2D eigenvalue weighted by Gasteiger charge is 2.25. The number of furan rings is 1. The molecular weight excluding hydrogens is 322 g/mol. The number of likely N-dealkylation sites (N-methyl/N-ethyl adjacent to an activating group) is 1. The first-order valence-corrected chi connectivity index (χ1v) is 8.98. The van der Waals surface area contributed by atoms with E-state index in [1.165, 1.54) is 11.2 Å². The summed E-state index contributed by atoms with van der Waals surface area (Å²) in [5, 5.41) is 2.90. The Kier molecular flexibility index (Phi) is 7.46. The zero-order chi connectivity index (χ0) is 18.2. The van der Waals surface area contributed by atoms with Gasteiger partial charge in [-0.25, -0.2) is 0 Å². The highest BCUT2D eigenvalue weighted by atomic mass is 16.5. The first kappa shape index (κ1) is 19.5. The third-order valence-corrected chi connectivity index (χ3v) is 4.38. The Balaban J connectivity index is 1.91. The number of nitrogens with zero attached hydrogens (tertiary/aromatic N) is 1. The zero-order valence-electron chi connectivity index (χ0n) is 15.5. The summed E-state index contributed by atoms with van der Waals surface area (Å²) in [6.45, 7) is 4.92. The van der Waals surface area contributed by atoms with E-state index in [1.54, 1.807) is 17.9 Å². The van der Waals surface area contributed by atoms with Gasteiger partial charge < -0.3 is 24.3 Å². The van der Waals surface area contributed by atoms with Crippen LogP contribution in [0.5, 0.6) is 0 Å².